The van der Waals surface area contributed by atoms with Crippen LogP contribution in [0.25, 0.3) is 0 Å². The van der Waals surface area contributed by atoms with Gasteiger partial charge in [-0.2, -0.15) is 0 Å². The lowest BCUT2D eigenvalue weighted by Gasteiger charge is -2.26. The molecule has 114 valence electrons. The van der Waals surface area contributed by atoms with Gasteiger partial charge in [0.2, 0.25) is 5.91 Å². The Balaban J connectivity index is 1.61. The van der Waals surface area contributed by atoms with Crippen LogP contribution in [0.3, 0.4) is 0 Å². The third-order valence-electron chi connectivity index (χ3n) is 4.50. The van der Waals surface area contributed by atoms with Gasteiger partial charge in [-0.1, -0.05) is 37.3 Å². The smallest absolute Gasteiger partial charge is 0.227 e. The van der Waals surface area contributed by atoms with Gasteiger partial charge in [0.15, 0.2) is 0 Å². The normalized spacial score (nSPS) is 22.8. The summed E-state index contributed by atoms with van der Waals surface area (Å²) in [5, 5.41) is 3.92. The molecule has 1 aliphatic heterocycles. The average molecular weight is 308 g/mol. The second-order valence-electron chi connectivity index (χ2n) is 6.16. The molecule has 1 heterocycles. The van der Waals surface area contributed by atoms with E-state index in [2.05, 4.69) is 5.32 Å². The number of ether oxygens (including phenoxy) is 1. The minimum Gasteiger partial charge on any atom is -0.492 e. The van der Waals surface area contributed by atoms with Crippen molar-refractivity contribution in [2.75, 3.05) is 6.61 Å². The largest absolute Gasteiger partial charge is 0.492 e. The molecule has 1 aromatic carbocycles. The lowest BCUT2D eigenvalue weighted by molar-refractivity contribution is -0.127. The predicted octanol–water partition coefficient (Wildman–Crippen LogP) is 3.73. The van der Waals surface area contributed by atoms with Crippen LogP contribution in [-0.2, 0) is 11.2 Å². The van der Waals surface area contributed by atoms with Crippen LogP contribution in [0.2, 0.25) is 5.02 Å². The van der Waals surface area contributed by atoms with Crippen molar-refractivity contribution >= 4 is 17.5 Å². The Kier molecular flexibility index (Phi) is 4.69. The molecule has 1 saturated carbocycles. The summed E-state index contributed by atoms with van der Waals surface area (Å²) >= 11 is 6.02. The molecule has 3 rings (SSSR count). The summed E-state index contributed by atoms with van der Waals surface area (Å²) in [4.78, 5) is 12.4. The summed E-state index contributed by atoms with van der Waals surface area (Å²) in [5.74, 6) is 0.893. The van der Waals surface area contributed by atoms with E-state index in [0.717, 1.165) is 24.2 Å². The highest BCUT2D eigenvalue weighted by Gasteiger charge is 2.27. The Bertz CT molecular complexity index is 510. The molecule has 1 atom stereocenters. The van der Waals surface area contributed by atoms with Crippen molar-refractivity contribution in [3.05, 3.63) is 28.8 Å². The molecule has 0 unspecified atom stereocenters. The zero-order chi connectivity index (χ0) is 14.7. The van der Waals surface area contributed by atoms with Gasteiger partial charge in [0.05, 0.1) is 5.92 Å². The summed E-state index contributed by atoms with van der Waals surface area (Å²) in [6.07, 6.45) is 7.99. The maximum atomic E-state index is 12.4. The monoisotopic (exact) mass is 307 g/mol. The van der Waals surface area contributed by atoms with E-state index in [1.807, 2.05) is 18.2 Å². The van der Waals surface area contributed by atoms with Gasteiger partial charge in [-0.3, -0.25) is 4.79 Å². The first-order chi connectivity index (χ1) is 10.2. The minimum atomic E-state index is -0.0979. The second-order valence-corrected chi connectivity index (χ2v) is 6.60. The fourth-order valence-electron chi connectivity index (χ4n) is 3.27. The molecule has 0 radical (unpaired) electrons. The topological polar surface area (TPSA) is 38.3 Å². The molecule has 1 amide bonds. The van der Waals surface area contributed by atoms with Crippen LogP contribution in [-0.4, -0.2) is 18.6 Å². The van der Waals surface area contributed by atoms with Crippen LogP contribution in [0.15, 0.2) is 18.2 Å². The van der Waals surface area contributed by atoms with Crippen LogP contribution in [0, 0.1) is 5.92 Å². The Labute approximate surface area is 131 Å². The maximum Gasteiger partial charge on any atom is 0.227 e. The van der Waals surface area contributed by atoms with E-state index in [9.17, 15) is 4.79 Å². The SMILES string of the molecule is O=C(NC1CCCCCC1)[C@H]1COc2ccc(Cl)cc2C1. The molecule has 0 spiro atoms. The summed E-state index contributed by atoms with van der Waals surface area (Å²) in [6.45, 7) is 0.465. The lowest BCUT2D eigenvalue weighted by Crippen LogP contribution is -2.42. The summed E-state index contributed by atoms with van der Waals surface area (Å²) in [6, 6.07) is 5.96. The Morgan fingerprint density at radius 1 is 1.19 bits per heavy atom. The second kappa shape index (κ2) is 6.69. The van der Waals surface area contributed by atoms with Crippen molar-refractivity contribution in [1.29, 1.82) is 0 Å². The number of rotatable bonds is 2. The fraction of sp³-hybridized carbons (Fsp3) is 0.588. The molecule has 0 aromatic heterocycles. The predicted molar refractivity (Wildman–Crippen MR) is 83.8 cm³/mol. The van der Waals surface area contributed by atoms with E-state index in [4.69, 9.17) is 16.3 Å². The van der Waals surface area contributed by atoms with Gasteiger partial charge < -0.3 is 10.1 Å². The van der Waals surface area contributed by atoms with E-state index < -0.39 is 0 Å². The van der Waals surface area contributed by atoms with Gasteiger partial charge in [-0.25, -0.2) is 0 Å². The van der Waals surface area contributed by atoms with Gasteiger partial charge in [0, 0.05) is 11.1 Å². The number of hydrogen-bond acceptors (Lipinski definition) is 2. The number of hydrogen-bond donors (Lipinski definition) is 1. The van der Waals surface area contributed by atoms with Crippen LogP contribution >= 0.6 is 11.6 Å². The van der Waals surface area contributed by atoms with Crippen molar-refractivity contribution in [1.82, 2.24) is 5.32 Å². The third kappa shape index (κ3) is 3.70. The molecule has 1 aromatic rings. The van der Waals surface area contributed by atoms with Crippen molar-refractivity contribution < 1.29 is 9.53 Å². The standard InChI is InChI=1S/C17H22ClNO2/c18-14-7-8-16-12(10-14)9-13(11-21-16)17(20)19-15-5-3-1-2-4-6-15/h7-8,10,13,15H,1-6,9,11H2,(H,19,20)/t13-/m1/s1. The molecule has 1 fully saturated rings. The first kappa shape index (κ1) is 14.7. The average Bonchev–Trinajstić information content (AvgIpc) is 2.75. The zero-order valence-corrected chi connectivity index (χ0v) is 13.0. The van der Waals surface area contributed by atoms with Gasteiger partial charge >= 0.3 is 0 Å². The highest BCUT2D eigenvalue weighted by molar-refractivity contribution is 6.30. The van der Waals surface area contributed by atoms with Crippen molar-refractivity contribution in [2.24, 2.45) is 5.92 Å². The molecule has 1 aliphatic carbocycles. The van der Waals surface area contributed by atoms with E-state index in [0.29, 0.717) is 24.1 Å². The van der Waals surface area contributed by atoms with Crippen LogP contribution in [0.5, 0.6) is 5.75 Å². The number of halogens is 1. The van der Waals surface area contributed by atoms with Gasteiger partial charge in [-0.15, -0.1) is 0 Å². The molecule has 21 heavy (non-hydrogen) atoms. The number of amides is 1. The van der Waals surface area contributed by atoms with E-state index in [1.165, 1.54) is 25.7 Å². The summed E-state index contributed by atoms with van der Waals surface area (Å²) < 4.78 is 5.71. The maximum absolute atomic E-state index is 12.4. The summed E-state index contributed by atoms with van der Waals surface area (Å²) in [7, 11) is 0. The fourth-order valence-corrected chi connectivity index (χ4v) is 3.47. The quantitative estimate of drug-likeness (QED) is 0.846. The van der Waals surface area contributed by atoms with Crippen molar-refractivity contribution in [3.8, 4) is 5.75 Å². The number of fused-ring (bicyclic) bond motifs is 1. The third-order valence-corrected chi connectivity index (χ3v) is 4.74. The highest BCUT2D eigenvalue weighted by atomic mass is 35.5. The van der Waals surface area contributed by atoms with E-state index >= 15 is 0 Å². The van der Waals surface area contributed by atoms with Crippen LogP contribution < -0.4 is 10.1 Å². The number of benzene rings is 1. The van der Waals surface area contributed by atoms with Gasteiger partial charge in [-0.05, 0) is 43.0 Å². The Morgan fingerprint density at radius 3 is 2.71 bits per heavy atom. The Morgan fingerprint density at radius 2 is 1.95 bits per heavy atom. The minimum absolute atomic E-state index is 0.0979. The number of carbonyl (C=O) groups is 1. The van der Waals surface area contributed by atoms with Crippen LogP contribution in [0.1, 0.15) is 44.1 Å². The zero-order valence-electron chi connectivity index (χ0n) is 12.2. The van der Waals surface area contributed by atoms with Gasteiger partial charge in [0.25, 0.3) is 0 Å². The van der Waals surface area contributed by atoms with Gasteiger partial charge in [0.1, 0.15) is 12.4 Å². The molecule has 0 bridgehead atoms. The van der Waals surface area contributed by atoms with Crippen LogP contribution in [0.4, 0.5) is 0 Å². The molecule has 2 aliphatic rings. The van der Waals surface area contributed by atoms with Crippen molar-refractivity contribution in [2.45, 2.75) is 51.0 Å². The lowest BCUT2D eigenvalue weighted by atomic mass is 9.95. The number of nitrogens with one attached hydrogen (secondary N) is 1. The molecular formula is C17H22ClNO2. The Hall–Kier alpha value is -1.22. The molecule has 0 saturated heterocycles. The summed E-state index contributed by atoms with van der Waals surface area (Å²) in [5.41, 5.74) is 1.04. The first-order valence-corrected chi connectivity index (χ1v) is 8.32. The molecule has 3 nitrogen and oxygen atoms in total. The highest BCUT2D eigenvalue weighted by Crippen LogP contribution is 2.30. The number of carbonyl (C=O) groups excluding carboxylic acids is 1. The van der Waals surface area contributed by atoms with E-state index in [1.54, 1.807) is 0 Å². The molecular weight excluding hydrogens is 286 g/mol. The first-order valence-electron chi connectivity index (χ1n) is 7.94. The van der Waals surface area contributed by atoms with Crippen molar-refractivity contribution in [3.63, 3.8) is 0 Å². The molecule has 1 N–H and O–H groups in total. The van der Waals surface area contributed by atoms with E-state index in [-0.39, 0.29) is 11.8 Å². The molecule has 4 heteroatoms.